The number of ether oxygens (including phenoxy) is 2. The SMILES string of the molecule is COc1cc(N)ccc1NC(=O)CCOC(C)C(C)C. The van der Waals surface area contributed by atoms with Crippen LogP contribution < -0.4 is 15.8 Å². The summed E-state index contributed by atoms with van der Waals surface area (Å²) in [5.74, 6) is 0.883. The molecule has 20 heavy (non-hydrogen) atoms. The fourth-order valence-electron chi connectivity index (χ4n) is 1.55. The van der Waals surface area contributed by atoms with Gasteiger partial charge < -0.3 is 20.5 Å². The van der Waals surface area contributed by atoms with Gasteiger partial charge in [0.1, 0.15) is 5.75 Å². The molecule has 1 unspecified atom stereocenters. The lowest BCUT2D eigenvalue weighted by atomic mass is 10.1. The lowest BCUT2D eigenvalue weighted by Gasteiger charge is -2.16. The van der Waals surface area contributed by atoms with E-state index in [1.807, 2.05) is 6.92 Å². The second-order valence-corrected chi connectivity index (χ2v) is 5.08. The van der Waals surface area contributed by atoms with Crippen LogP contribution in [-0.4, -0.2) is 25.7 Å². The largest absolute Gasteiger partial charge is 0.494 e. The lowest BCUT2D eigenvalue weighted by Crippen LogP contribution is -2.20. The number of carbonyl (C=O) groups is 1. The van der Waals surface area contributed by atoms with E-state index in [0.29, 0.717) is 36.1 Å². The van der Waals surface area contributed by atoms with Crippen LogP contribution in [0.4, 0.5) is 11.4 Å². The van der Waals surface area contributed by atoms with Crippen molar-refractivity contribution in [2.24, 2.45) is 5.92 Å². The minimum atomic E-state index is -0.107. The Balaban J connectivity index is 2.46. The average Bonchev–Trinajstić information content (AvgIpc) is 2.40. The van der Waals surface area contributed by atoms with Gasteiger partial charge in [0.2, 0.25) is 5.91 Å². The van der Waals surface area contributed by atoms with Gasteiger partial charge in [-0.15, -0.1) is 0 Å². The van der Waals surface area contributed by atoms with E-state index in [9.17, 15) is 4.79 Å². The molecular weight excluding hydrogens is 256 g/mol. The van der Waals surface area contributed by atoms with E-state index in [0.717, 1.165) is 0 Å². The summed E-state index contributed by atoms with van der Waals surface area (Å²) < 4.78 is 10.8. The molecule has 0 saturated carbocycles. The quantitative estimate of drug-likeness (QED) is 0.753. The zero-order valence-corrected chi connectivity index (χ0v) is 12.6. The van der Waals surface area contributed by atoms with E-state index in [1.54, 1.807) is 18.2 Å². The number of amides is 1. The summed E-state index contributed by atoms with van der Waals surface area (Å²) in [5.41, 5.74) is 6.87. The van der Waals surface area contributed by atoms with Crippen LogP contribution in [0, 0.1) is 5.92 Å². The van der Waals surface area contributed by atoms with E-state index in [2.05, 4.69) is 19.2 Å². The third-order valence-corrected chi connectivity index (χ3v) is 3.15. The second kappa shape index (κ2) is 7.75. The van der Waals surface area contributed by atoms with Gasteiger partial charge in [-0.3, -0.25) is 4.79 Å². The van der Waals surface area contributed by atoms with Crippen molar-refractivity contribution >= 4 is 17.3 Å². The molecular formula is C15H24N2O3. The van der Waals surface area contributed by atoms with Crippen molar-refractivity contribution in [3.63, 3.8) is 0 Å². The summed E-state index contributed by atoms with van der Waals surface area (Å²) in [6.45, 7) is 6.59. The number of hydrogen-bond donors (Lipinski definition) is 2. The first-order valence-electron chi connectivity index (χ1n) is 6.79. The van der Waals surface area contributed by atoms with E-state index in [-0.39, 0.29) is 12.0 Å². The Bertz CT molecular complexity index is 447. The molecule has 0 heterocycles. The van der Waals surface area contributed by atoms with Gasteiger partial charge in [-0.25, -0.2) is 0 Å². The molecule has 0 aliphatic rings. The predicted octanol–water partition coefficient (Wildman–Crippen LogP) is 2.67. The van der Waals surface area contributed by atoms with Gasteiger partial charge in [0.15, 0.2) is 0 Å². The van der Waals surface area contributed by atoms with Crippen LogP contribution in [-0.2, 0) is 9.53 Å². The Morgan fingerprint density at radius 2 is 2.05 bits per heavy atom. The standard InChI is InChI=1S/C15H24N2O3/c1-10(2)11(3)20-8-7-15(18)17-13-6-5-12(16)9-14(13)19-4/h5-6,9-11H,7-8,16H2,1-4H3,(H,17,18). The minimum absolute atomic E-state index is 0.107. The van der Waals surface area contributed by atoms with Crippen molar-refractivity contribution in [2.45, 2.75) is 33.3 Å². The third kappa shape index (κ3) is 5.09. The monoisotopic (exact) mass is 280 g/mol. The number of carbonyl (C=O) groups excluding carboxylic acids is 1. The highest BCUT2D eigenvalue weighted by atomic mass is 16.5. The first-order valence-corrected chi connectivity index (χ1v) is 6.79. The molecule has 0 bridgehead atoms. The molecule has 0 radical (unpaired) electrons. The Hall–Kier alpha value is -1.75. The maximum atomic E-state index is 11.8. The Kier molecular flexibility index (Phi) is 6.31. The minimum Gasteiger partial charge on any atom is -0.494 e. The molecule has 0 aromatic heterocycles. The Morgan fingerprint density at radius 1 is 1.35 bits per heavy atom. The van der Waals surface area contributed by atoms with Crippen LogP contribution in [0.5, 0.6) is 5.75 Å². The third-order valence-electron chi connectivity index (χ3n) is 3.15. The van der Waals surface area contributed by atoms with Gasteiger partial charge in [0.05, 0.1) is 31.9 Å². The van der Waals surface area contributed by atoms with Crippen molar-refractivity contribution in [2.75, 3.05) is 24.8 Å². The van der Waals surface area contributed by atoms with Gasteiger partial charge in [-0.05, 0) is 25.0 Å². The highest BCUT2D eigenvalue weighted by Crippen LogP contribution is 2.26. The molecule has 1 atom stereocenters. The normalized spacial score (nSPS) is 12.2. The molecule has 1 rings (SSSR count). The molecule has 0 fully saturated rings. The molecule has 0 aliphatic carbocycles. The molecule has 112 valence electrons. The molecule has 0 aliphatic heterocycles. The van der Waals surface area contributed by atoms with E-state index < -0.39 is 0 Å². The van der Waals surface area contributed by atoms with Gasteiger partial charge >= 0.3 is 0 Å². The van der Waals surface area contributed by atoms with E-state index in [4.69, 9.17) is 15.2 Å². The highest BCUT2D eigenvalue weighted by Gasteiger charge is 2.10. The molecule has 5 nitrogen and oxygen atoms in total. The van der Waals surface area contributed by atoms with Gasteiger partial charge in [-0.1, -0.05) is 13.8 Å². The number of hydrogen-bond acceptors (Lipinski definition) is 4. The summed E-state index contributed by atoms with van der Waals surface area (Å²) in [6.07, 6.45) is 0.457. The number of nitrogen functional groups attached to an aromatic ring is 1. The van der Waals surface area contributed by atoms with Crippen molar-refractivity contribution in [3.05, 3.63) is 18.2 Å². The van der Waals surface area contributed by atoms with Crippen LogP contribution >= 0.6 is 0 Å². The smallest absolute Gasteiger partial charge is 0.226 e. The first kappa shape index (κ1) is 16.3. The molecule has 5 heteroatoms. The molecule has 3 N–H and O–H groups in total. The van der Waals surface area contributed by atoms with Crippen LogP contribution in [0.1, 0.15) is 27.2 Å². The van der Waals surface area contributed by atoms with Crippen molar-refractivity contribution in [1.29, 1.82) is 0 Å². The van der Waals surface area contributed by atoms with E-state index >= 15 is 0 Å². The number of methoxy groups -OCH3 is 1. The summed E-state index contributed by atoms with van der Waals surface area (Å²) in [7, 11) is 1.54. The molecule has 1 amide bonds. The van der Waals surface area contributed by atoms with Crippen molar-refractivity contribution in [1.82, 2.24) is 0 Å². The zero-order valence-electron chi connectivity index (χ0n) is 12.6. The van der Waals surface area contributed by atoms with Crippen LogP contribution in [0.15, 0.2) is 18.2 Å². The maximum absolute atomic E-state index is 11.8. The number of nitrogens with one attached hydrogen (secondary N) is 1. The molecule has 0 saturated heterocycles. The van der Waals surface area contributed by atoms with Crippen molar-refractivity contribution < 1.29 is 14.3 Å². The van der Waals surface area contributed by atoms with Gasteiger partial charge in [0.25, 0.3) is 0 Å². The summed E-state index contributed by atoms with van der Waals surface area (Å²) >= 11 is 0. The Labute approximate surface area is 120 Å². The van der Waals surface area contributed by atoms with Crippen molar-refractivity contribution in [3.8, 4) is 5.75 Å². The van der Waals surface area contributed by atoms with Crippen LogP contribution in [0.25, 0.3) is 0 Å². The molecule has 0 spiro atoms. The molecule has 1 aromatic rings. The van der Waals surface area contributed by atoms with E-state index in [1.165, 1.54) is 7.11 Å². The number of nitrogens with two attached hydrogens (primary N) is 1. The Morgan fingerprint density at radius 3 is 2.65 bits per heavy atom. The zero-order chi connectivity index (χ0) is 15.1. The lowest BCUT2D eigenvalue weighted by molar-refractivity contribution is -0.117. The van der Waals surface area contributed by atoms with Gasteiger partial charge in [-0.2, -0.15) is 0 Å². The maximum Gasteiger partial charge on any atom is 0.226 e. The number of rotatable bonds is 7. The van der Waals surface area contributed by atoms with Crippen LogP contribution in [0.2, 0.25) is 0 Å². The molecule has 1 aromatic carbocycles. The number of benzene rings is 1. The van der Waals surface area contributed by atoms with Crippen LogP contribution in [0.3, 0.4) is 0 Å². The second-order valence-electron chi connectivity index (χ2n) is 5.08. The fourth-order valence-corrected chi connectivity index (χ4v) is 1.55. The predicted molar refractivity (Wildman–Crippen MR) is 80.9 cm³/mol. The first-order chi connectivity index (χ1) is 9.43. The summed E-state index contributed by atoms with van der Waals surface area (Å²) in [6, 6.07) is 5.12. The average molecular weight is 280 g/mol. The highest BCUT2D eigenvalue weighted by molar-refractivity contribution is 5.92. The topological polar surface area (TPSA) is 73.6 Å². The van der Waals surface area contributed by atoms with Gasteiger partial charge in [0, 0.05) is 11.8 Å². The fraction of sp³-hybridized carbons (Fsp3) is 0.533. The summed E-state index contributed by atoms with van der Waals surface area (Å²) in [5, 5.41) is 2.79. The summed E-state index contributed by atoms with van der Waals surface area (Å²) in [4.78, 5) is 11.8. The number of anilines is 2.